The first-order valence-corrected chi connectivity index (χ1v) is 5.16. The van der Waals surface area contributed by atoms with Gasteiger partial charge in [-0.05, 0) is 24.3 Å². The average Bonchev–Trinajstić information content (AvgIpc) is 2.38. The number of rotatable bonds is 2. The lowest BCUT2D eigenvalue weighted by Crippen LogP contribution is -2.10. The fourth-order valence-corrected chi connectivity index (χ4v) is 1.58. The van der Waals surface area contributed by atoms with E-state index in [4.69, 9.17) is 11.0 Å². The largest absolute Gasteiger partial charge is 0.384 e. The van der Waals surface area contributed by atoms with Crippen LogP contribution in [0.25, 0.3) is 0 Å². The summed E-state index contributed by atoms with van der Waals surface area (Å²) >= 11 is 0. The first kappa shape index (κ1) is 11.0. The second-order valence-corrected chi connectivity index (χ2v) is 3.66. The van der Waals surface area contributed by atoms with Gasteiger partial charge >= 0.3 is 0 Å². The Balaban J connectivity index is 2.37. The molecule has 2 aromatic rings. The predicted octanol–water partition coefficient (Wildman–Crippen LogP) is 2.30. The van der Waals surface area contributed by atoms with E-state index in [0.717, 1.165) is 11.4 Å². The van der Waals surface area contributed by atoms with Crippen LogP contribution in [0.2, 0.25) is 0 Å². The van der Waals surface area contributed by atoms with Crippen LogP contribution in [0.3, 0.4) is 0 Å². The molecule has 0 bridgehead atoms. The molecule has 0 aliphatic rings. The maximum absolute atomic E-state index is 8.86. The highest BCUT2D eigenvalue weighted by Gasteiger charge is 2.05. The maximum Gasteiger partial charge on any atom is 0.125 e. The Morgan fingerprint density at radius 1 is 1.24 bits per heavy atom. The quantitative estimate of drug-likeness (QED) is 0.850. The first-order valence-electron chi connectivity index (χ1n) is 5.16. The van der Waals surface area contributed by atoms with Crippen molar-refractivity contribution < 1.29 is 0 Å². The zero-order chi connectivity index (χ0) is 12.3. The van der Waals surface area contributed by atoms with E-state index in [1.54, 1.807) is 18.3 Å². The average molecular weight is 224 g/mol. The smallest absolute Gasteiger partial charge is 0.125 e. The van der Waals surface area contributed by atoms with Crippen molar-refractivity contribution in [1.82, 2.24) is 4.98 Å². The minimum atomic E-state index is 0.478. The molecule has 0 fully saturated rings. The van der Waals surface area contributed by atoms with Gasteiger partial charge in [-0.3, -0.25) is 0 Å². The van der Waals surface area contributed by atoms with E-state index in [-0.39, 0.29) is 0 Å². The lowest BCUT2D eigenvalue weighted by molar-refractivity contribution is 1.19. The summed E-state index contributed by atoms with van der Waals surface area (Å²) < 4.78 is 0. The van der Waals surface area contributed by atoms with Crippen LogP contribution >= 0.6 is 0 Å². The van der Waals surface area contributed by atoms with Crippen LogP contribution in [0.4, 0.5) is 17.2 Å². The molecule has 17 heavy (non-hydrogen) atoms. The fraction of sp³-hybridized carbons (Fsp3) is 0.0769. The van der Waals surface area contributed by atoms with Crippen molar-refractivity contribution in [2.24, 2.45) is 0 Å². The maximum atomic E-state index is 8.86. The highest BCUT2D eigenvalue weighted by molar-refractivity contribution is 5.65. The Morgan fingerprint density at radius 2 is 2.00 bits per heavy atom. The highest BCUT2D eigenvalue weighted by Crippen LogP contribution is 2.24. The number of anilines is 3. The molecule has 1 aromatic heterocycles. The lowest BCUT2D eigenvalue weighted by Gasteiger charge is -2.19. The summed E-state index contributed by atoms with van der Waals surface area (Å²) in [6, 6.07) is 13.2. The van der Waals surface area contributed by atoms with E-state index >= 15 is 0 Å². The van der Waals surface area contributed by atoms with Crippen LogP contribution < -0.4 is 10.6 Å². The molecule has 4 heteroatoms. The monoisotopic (exact) mass is 224 g/mol. The van der Waals surface area contributed by atoms with Crippen molar-refractivity contribution >= 4 is 17.2 Å². The zero-order valence-corrected chi connectivity index (χ0v) is 9.46. The van der Waals surface area contributed by atoms with E-state index in [9.17, 15) is 0 Å². The molecule has 2 rings (SSSR count). The molecule has 0 aliphatic heterocycles. The molecule has 84 valence electrons. The number of aromatic nitrogens is 1. The first-order chi connectivity index (χ1) is 8.20. The molecule has 0 aliphatic carbocycles. The molecule has 0 radical (unpaired) electrons. The summed E-state index contributed by atoms with van der Waals surface area (Å²) in [5.41, 5.74) is 8.15. The van der Waals surface area contributed by atoms with Crippen molar-refractivity contribution in [3.63, 3.8) is 0 Å². The van der Waals surface area contributed by atoms with Crippen LogP contribution in [0.5, 0.6) is 0 Å². The standard InChI is InChI=1S/C13H12N4/c1-17(12-5-6-16-13(15)8-12)11-4-2-3-10(7-11)9-14/h2-8H,1H3,(H2,15,16). The van der Waals surface area contributed by atoms with Crippen molar-refractivity contribution in [3.05, 3.63) is 48.2 Å². The van der Waals surface area contributed by atoms with Crippen LogP contribution in [-0.4, -0.2) is 12.0 Å². The third-order valence-electron chi connectivity index (χ3n) is 2.51. The Hall–Kier alpha value is -2.54. The molecular formula is C13H12N4. The number of nitrogen functional groups attached to an aromatic ring is 1. The Labute approximate surface area is 99.9 Å². The molecule has 4 nitrogen and oxygen atoms in total. The molecule has 2 N–H and O–H groups in total. The molecule has 1 aromatic carbocycles. The minimum Gasteiger partial charge on any atom is -0.384 e. The minimum absolute atomic E-state index is 0.478. The number of hydrogen-bond acceptors (Lipinski definition) is 4. The zero-order valence-electron chi connectivity index (χ0n) is 9.46. The summed E-state index contributed by atoms with van der Waals surface area (Å²) in [5.74, 6) is 0.478. The summed E-state index contributed by atoms with van der Waals surface area (Å²) in [6.45, 7) is 0. The Bertz CT molecular complexity index is 572. The summed E-state index contributed by atoms with van der Waals surface area (Å²) in [4.78, 5) is 5.91. The number of nitrogens with two attached hydrogens (primary N) is 1. The summed E-state index contributed by atoms with van der Waals surface area (Å²) in [7, 11) is 1.92. The van der Waals surface area contributed by atoms with Crippen LogP contribution in [0.1, 0.15) is 5.56 Å². The third-order valence-corrected chi connectivity index (χ3v) is 2.51. The van der Waals surface area contributed by atoms with Gasteiger partial charge in [-0.25, -0.2) is 4.98 Å². The normalized spacial score (nSPS) is 9.65. The van der Waals surface area contributed by atoms with E-state index in [1.165, 1.54) is 0 Å². The van der Waals surface area contributed by atoms with Crippen molar-refractivity contribution in [2.75, 3.05) is 17.7 Å². The van der Waals surface area contributed by atoms with Crippen molar-refractivity contribution in [3.8, 4) is 6.07 Å². The molecule has 0 saturated heterocycles. The molecule has 0 atom stereocenters. The van der Waals surface area contributed by atoms with Gasteiger partial charge in [-0.1, -0.05) is 6.07 Å². The van der Waals surface area contributed by atoms with E-state index in [2.05, 4.69) is 11.1 Å². The molecule has 0 unspecified atom stereocenters. The molecule has 0 amide bonds. The Kier molecular flexibility index (Phi) is 2.93. The van der Waals surface area contributed by atoms with Gasteiger partial charge < -0.3 is 10.6 Å². The van der Waals surface area contributed by atoms with Gasteiger partial charge in [-0.15, -0.1) is 0 Å². The van der Waals surface area contributed by atoms with E-state index in [1.807, 2.05) is 36.2 Å². The number of pyridine rings is 1. The summed E-state index contributed by atoms with van der Waals surface area (Å²) in [5, 5.41) is 8.86. The van der Waals surface area contributed by atoms with Gasteiger partial charge in [0.15, 0.2) is 0 Å². The molecular weight excluding hydrogens is 212 g/mol. The van der Waals surface area contributed by atoms with Gasteiger partial charge in [0.1, 0.15) is 5.82 Å². The predicted molar refractivity (Wildman–Crippen MR) is 67.9 cm³/mol. The van der Waals surface area contributed by atoms with Gasteiger partial charge in [0.25, 0.3) is 0 Å². The number of hydrogen-bond donors (Lipinski definition) is 1. The SMILES string of the molecule is CN(c1cccc(C#N)c1)c1ccnc(N)c1. The Morgan fingerprint density at radius 3 is 2.71 bits per heavy atom. The van der Waals surface area contributed by atoms with Crippen molar-refractivity contribution in [1.29, 1.82) is 5.26 Å². The van der Waals surface area contributed by atoms with Gasteiger partial charge in [0.2, 0.25) is 0 Å². The second kappa shape index (κ2) is 4.54. The second-order valence-electron chi connectivity index (χ2n) is 3.66. The van der Waals surface area contributed by atoms with Crippen molar-refractivity contribution in [2.45, 2.75) is 0 Å². The van der Waals surface area contributed by atoms with Crippen LogP contribution in [-0.2, 0) is 0 Å². The topological polar surface area (TPSA) is 65.9 Å². The van der Waals surface area contributed by atoms with Crippen LogP contribution in [0.15, 0.2) is 42.6 Å². The molecule has 0 spiro atoms. The highest BCUT2D eigenvalue weighted by atomic mass is 15.1. The van der Waals surface area contributed by atoms with E-state index in [0.29, 0.717) is 11.4 Å². The fourth-order valence-electron chi connectivity index (χ4n) is 1.58. The van der Waals surface area contributed by atoms with Gasteiger partial charge in [0, 0.05) is 30.7 Å². The lowest BCUT2D eigenvalue weighted by atomic mass is 10.2. The number of benzene rings is 1. The number of nitriles is 1. The summed E-state index contributed by atoms with van der Waals surface area (Å²) in [6.07, 6.45) is 1.66. The van der Waals surface area contributed by atoms with E-state index < -0.39 is 0 Å². The number of nitrogens with zero attached hydrogens (tertiary/aromatic N) is 3. The molecule has 1 heterocycles. The van der Waals surface area contributed by atoms with Crippen LogP contribution in [0, 0.1) is 11.3 Å². The molecule has 0 saturated carbocycles. The van der Waals surface area contributed by atoms with Gasteiger partial charge in [-0.2, -0.15) is 5.26 Å². The van der Waals surface area contributed by atoms with Gasteiger partial charge in [0.05, 0.1) is 11.6 Å². The third kappa shape index (κ3) is 2.34.